The number of anilines is 2. The number of hydrogen-bond donors (Lipinski definition) is 2. The van der Waals surface area contributed by atoms with E-state index < -0.39 is 21.8 Å². The highest BCUT2D eigenvalue weighted by Crippen LogP contribution is 2.26. The highest BCUT2D eigenvalue weighted by Gasteiger charge is 2.35. The molecule has 0 fully saturated rings. The molecule has 0 aliphatic carbocycles. The van der Waals surface area contributed by atoms with Crippen molar-refractivity contribution in [1.82, 2.24) is 4.90 Å². The molecule has 0 saturated heterocycles. The zero-order valence-corrected chi connectivity index (χ0v) is 19.5. The maximum Gasteiger partial charge on any atom is 0.261 e. The van der Waals surface area contributed by atoms with Crippen LogP contribution in [0.3, 0.4) is 0 Å². The summed E-state index contributed by atoms with van der Waals surface area (Å²) in [5.74, 6) is -1.29. The maximum absolute atomic E-state index is 12.9. The van der Waals surface area contributed by atoms with Crippen molar-refractivity contribution < 1.29 is 22.8 Å². The second-order valence-electron chi connectivity index (χ2n) is 8.12. The van der Waals surface area contributed by atoms with E-state index in [9.17, 15) is 22.8 Å². The molecular formula is C25H23N3O5S. The van der Waals surface area contributed by atoms with Gasteiger partial charge in [-0.1, -0.05) is 36.4 Å². The smallest absolute Gasteiger partial charge is 0.261 e. The summed E-state index contributed by atoms with van der Waals surface area (Å²) < 4.78 is 25.5. The highest BCUT2D eigenvalue weighted by atomic mass is 32.2. The van der Waals surface area contributed by atoms with Crippen LogP contribution in [0.5, 0.6) is 0 Å². The molecule has 8 nitrogen and oxygen atoms in total. The zero-order valence-electron chi connectivity index (χ0n) is 18.7. The third-order valence-electron chi connectivity index (χ3n) is 5.49. The number of aryl methyl sites for hydroxylation is 1. The Bertz CT molecular complexity index is 1400. The molecule has 0 atom stereocenters. The van der Waals surface area contributed by atoms with Crippen molar-refractivity contribution in [2.75, 3.05) is 22.8 Å². The second-order valence-corrected chi connectivity index (χ2v) is 9.86. The summed E-state index contributed by atoms with van der Waals surface area (Å²) in [7, 11) is -3.48. The molecule has 0 radical (unpaired) electrons. The van der Waals surface area contributed by atoms with Crippen molar-refractivity contribution in [3.05, 3.63) is 94.5 Å². The standard InChI is InChI=1S/C25H23N3O5S/c1-16-8-10-19(15-22(16)27-34(2,32)33)26-23(29)18-9-11-20-21(14-18)25(31)28(24(20)30)13-12-17-6-4-3-5-7-17/h3-11,14-15,27H,12-13H2,1-2H3,(H,26,29). The average molecular weight is 478 g/mol. The van der Waals surface area contributed by atoms with Gasteiger partial charge < -0.3 is 5.32 Å². The lowest BCUT2D eigenvalue weighted by Crippen LogP contribution is -2.31. The topological polar surface area (TPSA) is 113 Å². The van der Waals surface area contributed by atoms with Crippen LogP contribution < -0.4 is 10.0 Å². The number of benzene rings is 3. The van der Waals surface area contributed by atoms with Gasteiger partial charge in [0, 0.05) is 17.8 Å². The number of fused-ring (bicyclic) bond motifs is 1. The Kier molecular flexibility index (Phi) is 6.21. The molecule has 0 aromatic heterocycles. The van der Waals surface area contributed by atoms with Crippen LogP contribution in [-0.4, -0.2) is 43.8 Å². The van der Waals surface area contributed by atoms with Gasteiger partial charge in [-0.3, -0.25) is 24.0 Å². The lowest BCUT2D eigenvalue weighted by molar-refractivity contribution is 0.0656. The molecule has 0 spiro atoms. The van der Waals surface area contributed by atoms with E-state index in [1.165, 1.54) is 29.2 Å². The van der Waals surface area contributed by atoms with Crippen LogP contribution in [0.4, 0.5) is 11.4 Å². The summed E-state index contributed by atoms with van der Waals surface area (Å²) in [6.45, 7) is 1.99. The number of carbonyl (C=O) groups excluding carboxylic acids is 3. The Morgan fingerprint density at radius 2 is 1.62 bits per heavy atom. The normalized spacial score (nSPS) is 13.1. The summed E-state index contributed by atoms with van der Waals surface area (Å²) in [6.07, 6.45) is 1.58. The molecule has 1 aliphatic rings. The number of carbonyl (C=O) groups is 3. The van der Waals surface area contributed by atoms with Crippen molar-refractivity contribution in [1.29, 1.82) is 0 Å². The van der Waals surface area contributed by atoms with E-state index in [0.29, 0.717) is 23.4 Å². The van der Waals surface area contributed by atoms with Gasteiger partial charge in [0.15, 0.2) is 0 Å². The molecule has 0 unspecified atom stereocenters. The molecule has 4 rings (SSSR count). The van der Waals surface area contributed by atoms with Crippen molar-refractivity contribution in [2.24, 2.45) is 0 Å². The number of nitrogens with one attached hydrogen (secondary N) is 2. The molecule has 2 N–H and O–H groups in total. The largest absolute Gasteiger partial charge is 0.322 e. The lowest BCUT2D eigenvalue weighted by atomic mass is 10.1. The van der Waals surface area contributed by atoms with E-state index in [4.69, 9.17) is 0 Å². The van der Waals surface area contributed by atoms with Crippen molar-refractivity contribution >= 4 is 39.1 Å². The van der Waals surface area contributed by atoms with Crippen LogP contribution in [0.15, 0.2) is 66.7 Å². The Balaban J connectivity index is 1.50. The van der Waals surface area contributed by atoms with Gasteiger partial charge in [-0.05, 0) is 54.8 Å². The Morgan fingerprint density at radius 3 is 2.32 bits per heavy atom. The van der Waals surface area contributed by atoms with Crippen molar-refractivity contribution in [2.45, 2.75) is 13.3 Å². The number of sulfonamides is 1. The van der Waals surface area contributed by atoms with E-state index in [1.54, 1.807) is 19.1 Å². The molecule has 34 heavy (non-hydrogen) atoms. The average Bonchev–Trinajstić information content (AvgIpc) is 3.03. The fourth-order valence-corrected chi connectivity index (χ4v) is 4.35. The summed E-state index contributed by atoms with van der Waals surface area (Å²) in [5, 5.41) is 2.70. The van der Waals surface area contributed by atoms with E-state index >= 15 is 0 Å². The van der Waals surface area contributed by atoms with Crippen LogP contribution in [0.1, 0.15) is 42.2 Å². The summed E-state index contributed by atoms with van der Waals surface area (Å²) in [4.78, 5) is 39.6. The van der Waals surface area contributed by atoms with Gasteiger partial charge in [0.25, 0.3) is 17.7 Å². The lowest BCUT2D eigenvalue weighted by Gasteiger charge is -2.13. The molecule has 3 aromatic rings. The molecule has 0 saturated carbocycles. The van der Waals surface area contributed by atoms with Crippen LogP contribution in [-0.2, 0) is 16.4 Å². The number of hydrogen-bond acceptors (Lipinski definition) is 5. The van der Waals surface area contributed by atoms with Gasteiger partial charge in [0.1, 0.15) is 0 Å². The third-order valence-corrected chi connectivity index (χ3v) is 6.08. The molecule has 1 heterocycles. The predicted octanol–water partition coefficient (Wildman–Crippen LogP) is 3.46. The third kappa shape index (κ3) is 4.99. The Labute approximate surface area is 197 Å². The summed E-state index contributed by atoms with van der Waals surface area (Å²) in [5.41, 5.74) is 3.11. The van der Waals surface area contributed by atoms with Gasteiger partial charge in [-0.2, -0.15) is 0 Å². The number of rotatable bonds is 7. The minimum Gasteiger partial charge on any atom is -0.322 e. The SMILES string of the molecule is Cc1ccc(NC(=O)c2ccc3c(c2)C(=O)N(CCc2ccccc2)C3=O)cc1NS(C)(=O)=O. The molecule has 3 amide bonds. The number of nitrogens with zero attached hydrogens (tertiary/aromatic N) is 1. The number of amides is 3. The van der Waals surface area contributed by atoms with Crippen molar-refractivity contribution in [3.8, 4) is 0 Å². The molecule has 174 valence electrons. The Morgan fingerprint density at radius 1 is 0.912 bits per heavy atom. The quantitative estimate of drug-likeness (QED) is 0.506. The molecular weight excluding hydrogens is 454 g/mol. The van der Waals surface area contributed by atoms with Gasteiger partial charge in [-0.25, -0.2) is 8.42 Å². The van der Waals surface area contributed by atoms with Crippen LogP contribution in [0.2, 0.25) is 0 Å². The monoisotopic (exact) mass is 477 g/mol. The molecule has 0 bridgehead atoms. The maximum atomic E-state index is 12.9. The Hall–Kier alpha value is -3.98. The zero-order chi connectivity index (χ0) is 24.5. The van der Waals surface area contributed by atoms with E-state index in [2.05, 4.69) is 10.0 Å². The minimum atomic E-state index is -3.48. The first kappa shape index (κ1) is 23.2. The first-order valence-corrected chi connectivity index (χ1v) is 12.5. The number of imide groups is 1. The minimum absolute atomic E-state index is 0.189. The predicted molar refractivity (Wildman–Crippen MR) is 130 cm³/mol. The van der Waals surface area contributed by atoms with Gasteiger partial charge in [0.2, 0.25) is 10.0 Å². The summed E-state index contributed by atoms with van der Waals surface area (Å²) >= 11 is 0. The van der Waals surface area contributed by atoms with E-state index in [0.717, 1.165) is 11.8 Å². The van der Waals surface area contributed by atoms with Crippen LogP contribution >= 0.6 is 0 Å². The molecule has 9 heteroatoms. The molecule has 3 aromatic carbocycles. The molecule has 1 aliphatic heterocycles. The van der Waals surface area contributed by atoms with Gasteiger partial charge >= 0.3 is 0 Å². The first-order chi connectivity index (χ1) is 16.1. The summed E-state index contributed by atoms with van der Waals surface area (Å²) in [6, 6.07) is 18.8. The second kappa shape index (κ2) is 9.11. The van der Waals surface area contributed by atoms with E-state index in [1.807, 2.05) is 30.3 Å². The fourth-order valence-electron chi connectivity index (χ4n) is 3.73. The van der Waals surface area contributed by atoms with E-state index in [-0.39, 0.29) is 29.1 Å². The first-order valence-electron chi connectivity index (χ1n) is 10.6. The van der Waals surface area contributed by atoms with Gasteiger partial charge in [0.05, 0.1) is 23.1 Å². The van der Waals surface area contributed by atoms with Crippen LogP contribution in [0.25, 0.3) is 0 Å². The van der Waals surface area contributed by atoms with Crippen molar-refractivity contribution in [3.63, 3.8) is 0 Å². The fraction of sp³-hybridized carbons (Fsp3) is 0.160. The van der Waals surface area contributed by atoms with Gasteiger partial charge in [-0.15, -0.1) is 0 Å². The van der Waals surface area contributed by atoms with Crippen LogP contribution in [0, 0.1) is 6.92 Å². The highest BCUT2D eigenvalue weighted by molar-refractivity contribution is 7.92.